The molecule has 0 spiro atoms. The molecule has 0 unspecified atom stereocenters. The van der Waals surface area contributed by atoms with Gasteiger partial charge >= 0.3 is 0 Å². The number of rotatable bonds is 4. The fourth-order valence-corrected chi connectivity index (χ4v) is 3.63. The molecule has 5 rings (SSSR count). The highest BCUT2D eigenvalue weighted by molar-refractivity contribution is 5.96. The number of fused-ring (bicyclic) bond motifs is 1. The Balaban J connectivity index is 1.42. The van der Waals surface area contributed by atoms with E-state index < -0.39 is 5.82 Å². The van der Waals surface area contributed by atoms with Crippen molar-refractivity contribution >= 4 is 28.2 Å². The third-order valence-electron chi connectivity index (χ3n) is 5.63. The van der Waals surface area contributed by atoms with Crippen molar-refractivity contribution in [3.8, 4) is 11.8 Å². The number of aromatic nitrogens is 3. The second-order valence-electron chi connectivity index (χ2n) is 8.15. The number of nitrogens with zero attached hydrogens (tertiary/aromatic N) is 3. The number of hydrogen-bond donors (Lipinski definition) is 2. The number of pyridine rings is 3. The minimum Gasteiger partial charge on any atom is -0.379 e. The molecular weight excluding hydrogens is 409 g/mol. The van der Waals surface area contributed by atoms with Gasteiger partial charge in [-0.25, -0.2) is 14.4 Å². The molecule has 3 aromatic rings. The van der Waals surface area contributed by atoms with E-state index in [0.717, 1.165) is 35.7 Å². The second-order valence-corrected chi connectivity index (χ2v) is 8.15. The van der Waals surface area contributed by atoms with Crippen molar-refractivity contribution in [2.45, 2.75) is 32.2 Å². The lowest BCUT2D eigenvalue weighted by Gasteiger charge is -2.11. The highest BCUT2D eigenvalue weighted by Gasteiger charge is 2.29. The predicted octanol–water partition coefficient (Wildman–Crippen LogP) is 3.42. The Bertz CT molecular complexity index is 1260. The molecule has 2 N–H and O–H groups in total. The number of ether oxygens (including phenoxy) is 1. The Morgan fingerprint density at radius 3 is 2.72 bits per heavy atom. The maximum atomic E-state index is 14.6. The molecule has 2 aliphatic rings. The van der Waals surface area contributed by atoms with E-state index >= 15 is 0 Å². The van der Waals surface area contributed by atoms with Crippen LogP contribution in [0.4, 0.5) is 15.9 Å². The Hall–Kier alpha value is -3.57. The first-order valence-corrected chi connectivity index (χ1v) is 10.6. The Morgan fingerprint density at radius 2 is 1.97 bits per heavy atom. The molecule has 1 saturated carbocycles. The van der Waals surface area contributed by atoms with Crippen molar-refractivity contribution in [2.75, 3.05) is 23.8 Å². The highest BCUT2D eigenvalue weighted by Crippen LogP contribution is 2.30. The van der Waals surface area contributed by atoms with Gasteiger partial charge in [0, 0.05) is 47.5 Å². The van der Waals surface area contributed by atoms with Gasteiger partial charge in [-0.2, -0.15) is 0 Å². The topological polar surface area (TPSA) is 89.0 Å². The molecule has 7 nitrogen and oxygen atoms in total. The number of hydrogen-bond acceptors (Lipinski definition) is 6. The minimum absolute atomic E-state index is 0.0144. The minimum atomic E-state index is -0.496. The molecule has 1 aliphatic carbocycles. The molecule has 0 radical (unpaired) electrons. The van der Waals surface area contributed by atoms with Crippen LogP contribution in [0.5, 0.6) is 0 Å². The van der Waals surface area contributed by atoms with Crippen LogP contribution in [-0.4, -0.2) is 40.1 Å². The van der Waals surface area contributed by atoms with Crippen LogP contribution in [0.2, 0.25) is 0 Å². The van der Waals surface area contributed by atoms with E-state index in [1.165, 1.54) is 6.07 Å². The fraction of sp³-hybridized carbons (Fsp3) is 0.333. The summed E-state index contributed by atoms with van der Waals surface area (Å²) in [5.74, 6) is 5.84. The summed E-state index contributed by atoms with van der Waals surface area (Å²) in [5.41, 5.74) is 2.08. The van der Waals surface area contributed by atoms with Gasteiger partial charge in [-0.15, -0.1) is 0 Å². The molecule has 32 heavy (non-hydrogen) atoms. The second kappa shape index (κ2) is 8.52. The molecule has 8 heteroatoms. The SMILES string of the molecule is Cc1ncc(C#Cc2ncc(N[C@@H]3CCOC3)cc2F)c2cc(NC(=O)C3CC3)ncc12. The first-order chi connectivity index (χ1) is 15.6. The van der Waals surface area contributed by atoms with Gasteiger partial charge < -0.3 is 15.4 Å². The molecule has 1 atom stereocenters. The van der Waals surface area contributed by atoms with Crippen LogP contribution in [0.1, 0.15) is 36.2 Å². The van der Waals surface area contributed by atoms with Gasteiger partial charge in [0.25, 0.3) is 0 Å². The molecule has 4 heterocycles. The van der Waals surface area contributed by atoms with Crippen molar-refractivity contribution in [2.24, 2.45) is 5.92 Å². The summed E-state index contributed by atoms with van der Waals surface area (Å²) in [5, 5.41) is 7.70. The van der Waals surface area contributed by atoms with E-state index in [4.69, 9.17) is 4.74 Å². The lowest BCUT2D eigenvalue weighted by molar-refractivity contribution is -0.117. The third kappa shape index (κ3) is 4.39. The van der Waals surface area contributed by atoms with E-state index in [9.17, 15) is 9.18 Å². The summed E-state index contributed by atoms with van der Waals surface area (Å²) in [6.45, 7) is 3.19. The van der Waals surface area contributed by atoms with E-state index in [1.54, 1.807) is 24.7 Å². The fourth-order valence-electron chi connectivity index (χ4n) is 3.63. The number of anilines is 2. The molecular formula is C24H22FN5O2. The van der Waals surface area contributed by atoms with Gasteiger partial charge in [0.2, 0.25) is 5.91 Å². The van der Waals surface area contributed by atoms with Crippen molar-refractivity contribution in [1.29, 1.82) is 0 Å². The largest absolute Gasteiger partial charge is 0.379 e. The molecule has 1 saturated heterocycles. The highest BCUT2D eigenvalue weighted by atomic mass is 19.1. The Labute approximate surface area is 184 Å². The van der Waals surface area contributed by atoms with E-state index in [0.29, 0.717) is 30.3 Å². The average Bonchev–Trinajstić information content (AvgIpc) is 3.52. The smallest absolute Gasteiger partial charge is 0.228 e. The van der Waals surface area contributed by atoms with Gasteiger partial charge in [0.05, 0.1) is 30.1 Å². The van der Waals surface area contributed by atoms with Crippen LogP contribution < -0.4 is 10.6 Å². The normalized spacial score (nSPS) is 17.6. The molecule has 3 aromatic heterocycles. The lowest BCUT2D eigenvalue weighted by Crippen LogP contribution is -2.19. The number of aryl methyl sites for hydroxylation is 1. The van der Waals surface area contributed by atoms with E-state index in [-0.39, 0.29) is 23.6 Å². The molecule has 162 valence electrons. The quantitative estimate of drug-likeness (QED) is 0.616. The lowest BCUT2D eigenvalue weighted by atomic mass is 10.1. The van der Waals surface area contributed by atoms with Crippen molar-refractivity contribution in [3.63, 3.8) is 0 Å². The summed E-state index contributed by atoms with van der Waals surface area (Å²) in [4.78, 5) is 25.0. The van der Waals surface area contributed by atoms with Crippen LogP contribution in [0.15, 0.2) is 30.7 Å². The van der Waals surface area contributed by atoms with Gasteiger partial charge in [-0.1, -0.05) is 5.92 Å². The van der Waals surface area contributed by atoms with Crippen LogP contribution in [0, 0.1) is 30.5 Å². The number of carbonyl (C=O) groups excluding carboxylic acids is 1. The number of amides is 1. The first-order valence-electron chi connectivity index (χ1n) is 10.6. The van der Waals surface area contributed by atoms with Gasteiger partial charge in [0.15, 0.2) is 5.82 Å². The van der Waals surface area contributed by atoms with E-state index in [2.05, 4.69) is 37.4 Å². The first kappa shape index (κ1) is 20.3. The van der Waals surface area contributed by atoms with Crippen molar-refractivity contribution in [3.05, 3.63) is 53.5 Å². The monoisotopic (exact) mass is 431 g/mol. The molecule has 1 aliphatic heterocycles. The molecule has 2 fully saturated rings. The summed E-state index contributed by atoms with van der Waals surface area (Å²) >= 11 is 0. The van der Waals surface area contributed by atoms with Crippen molar-refractivity contribution < 1.29 is 13.9 Å². The standard InChI is InChI=1S/C24H22FN5O2/c1-14-20-12-28-23(30-24(31)15-2-3-15)9-19(20)16(10-26-14)4-5-22-21(25)8-18(11-27-22)29-17-6-7-32-13-17/h8-12,15,17,29H,2-3,6-7,13H2,1H3,(H,28,30,31)/t17-/m1/s1. The number of nitrogens with one attached hydrogen (secondary N) is 2. The van der Waals surface area contributed by atoms with Crippen LogP contribution in [0.3, 0.4) is 0 Å². The number of halogens is 1. The molecule has 0 aromatic carbocycles. The maximum absolute atomic E-state index is 14.6. The van der Waals surface area contributed by atoms with E-state index in [1.807, 2.05) is 6.92 Å². The molecule has 1 amide bonds. The zero-order valence-electron chi connectivity index (χ0n) is 17.6. The van der Waals surface area contributed by atoms with Gasteiger partial charge in [-0.05, 0) is 38.2 Å². The summed E-state index contributed by atoms with van der Waals surface area (Å²) in [7, 11) is 0. The van der Waals surface area contributed by atoms with Gasteiger partial charge in [-0.3, -0.25) is 9.78 Å². The Morgan fingerprint density at radius 1 is 1.09 bits per heavy atom. The average molecular weight is 431 g/mol. The summed E-state index contributed by atoms with van der Waals surface area (Å²) in [6.07, 6.45) is 7.62. The molecule has 0 bridgehead atoms. The third-order valence-corrected chi connectivity index (χ3v) is 5.63. The predicted molar refractivity (Wildman–Crippen MR) is 119 cm³/mol. The number of carbonyl (C=O) groups is 1. The van der Waals surface area contributed by atoms with Crippen LogP contribution >= 0.6 is 0 Å². The zero-order chi connectivity index (χ0) is 22.1. The summed E-state index contributed by atoms with van der Waals surface area (Å²) < 4.78 is 19.9. The maximum Gasteiger partial charge on any atom is 0.228 e. The van der Waals surface area contributed by atoms with Gasteiger partial charge in [0.1, 0.15) is 11.5 Å². The summed E-state index contributed by atoms with van der Waals surface area (Å²) in [6, 6.07) is 3.35. The van der Waals surface area contributed by atoms with Crippen LogP contribution in [0.25, 0.3) is 10.8 Å². The Kier molecular flexibility index (Phi) is 5.41. The van der Waals surface area contributed by atoms with Crippen LogP contribution in [-0.2, 0) is 9.53 Å². The van der Waals surface area contributed by atoms with Crippen molar-refractivity contribution in [1.82, 2.24) is 15.0 Å². The zero-order valence-corrected chi connectivity index (χ0v) is 17.6.